The molecule has 0 amide bonds. The molecule has 52 valence electrons. The quantitative estimate of drug-likeness (QED) is 0.657. The Morgan fingerprint density at radius 3 is 3.20 bits per heavy atom. The van der Waals surface area contributed by atoms with E-state index in [1.165, 1.54) is 5.00 Å². The number of thiophene rings is 1. The van der Waals surface area contributed by atoms with Gasteiger partial charge in [0.1, 0.15) is 5.00 Å². The van der Waals surface area contributed by atoms with E-state index in [2.05, 4.69) is 22.9 Å². The molecule has 1 aliphatic rings. The molecule has 0 fully saturated rings. The van der Waals surface area contributed by atoms with Gasteiger partial charge in [0.15, 0.2) is 0 Å². The predicted molar refractivity (Wildman–Crippen MR) is 43.9 cm³/mol. The zero-order valence-corrected chi connectivity index (χ0v) is 6.27. The number of hydrogen-bond donors (Lipinski definition) is 1. The zero-order chi connectivity index (χ0) is 6.81. The zero-order valence-electron chi connectivity index (χ0n) is 5.45. The maximum atomic E-state index is 3.19. The molecular formula is C7H8N2S. The van der Waals surface area contributed by atoms with Gasteiger partial charge in [0.2, 0.25) is 0 Å². The second kappa shape index (κ2) is 2.44. The lowest BCUT2D eigenvalue weighted by atomic mass is 10.6. The number of hydrogen-bond acceptors (Lipinski definition) is 3. The molecule has 1 N–H and O–H groups in total. The molecule has 0 saturated carbocycles. The van der Waals surface area contributed by atoms with Gasteiger partial charge in [-0.2, -0.15) is 0 Å². The maximum absolute atomic E-state index is 3.19. The van der Waals surface area contributed by atoms with Gasteiger partial charge in [0.05, 0.1) is 0 Å². The fraction of sp³-hybridized carbons (Fsp3) is 0.143. The number of nitrogens with zero attached hydrogens (tertiary/aromatic N) is 1. The van der Waals surface area contributed by atoms with Crippen LogP contribution in [-0.2, 0) is 0 Å². The van der Waals surface area contributed by atoms with Gasteiger partial charge in [0, 0.05) is 12.7 Å². The maximum Gasteiger partial charge on any atom is 0.109 e. The fourth-order valence-electron chi connectivity index (χ4n) is 0.920. The standard InChI is InChI=1S/C7H8N2S/c1-3-7(10-6-1)9-5-2-4-8-9/h1-3,5-6,8H,4H2. The van der Waals surface area contributed by atoms with E-state index in [0.717, 1.165) is 6.54 Å². The molecule has 2 heterocycles. The Labute approximate surface area is 63.8 Å². The van der Waals surface area contributed by atoms with Crippen molar-refractivity contribution < 1.29 is 0 Å². The first-order chi connectivity index (χ1) is 4.97. The van der Waals surface area contributed by atoms with Crippen molar-refractivity contribution in [2.75, 3.05) is 11.6 Å². The van der Waals surface area contributed by atoms with Crippen LogP contribution in [0.2, 0.25) is 0 Å². The van der Waals surface area contributed by atoms with Crippen LogP contribution in [0.25, 0.3) is 0 Å². The molecule has 0 aliphatic carbocycles. The van der Waals surface area contributed by atoms with Gasteiger partial charge >= 0.3 is 0 Å². The summed E-state index contributed by atoms with van der Waals surface area (Å²) in [5.41, 5.74) is 3.19. The van der Waals surface area contributed by atoms with Gasteiger partial charge in [-0.15, -0.1) is 11.3 Å². The number of hydrazine groups is 1. The average molecular weight is 152 g/mol. The third kappa shape index (κ3) is 0.936. The average Bonchev–Trinajstić information content (AvgIpc) is 2.59. The van der Waals surface area contributed by atoms with Crippen molar-refractivity contribution in [2.24, 2.45) is 0 Å². The smallest absolute Gasteiger partial charge is 0.109 e. The minimum Gasteiger partial charge on any atom is -0.274 e. The molecule has 3 heteroatoms. The third-order valence-corrected chi connectivity index (χ3v) is 2.25. The van der Waals surface area contributed by atoms with E-state index in [-0.39, 0.29) is 0 Å². The molecule has 2 rings (SSSR count). The van der Waals surface area contributed by atoms with Crippen LogP contribution in [0, 0.1) is 0 Å². The summed E-state index contributed by atoms with van der Waals surface area (Å²) in [4.78, 5) is 0. The summed E-state index contributed by atoms with van der Waals surface area (Å²) in [5.74, 6) is 0. The van der Waals surface area contributed by atoms with Crippen LogP contribution in [0.3, 0.4) is 0 Å². The van der Waals surface area contributed by atoms with Crippen molar-refractivity contribution in [1.29, 1.82) is 0 Å². The first kappa shape index (κ1) is 5.95. The lowest BCUT2D eigenvalue weighted by molar-refractivity contribution is 0.821. The first-order valence-electron chi connectivity index (χ1n) is 3.20. The molecule has 0 aromatic carbocycles. The Hall–Kier alpha value is -0.800. The third-order valence-electron chi connectivity index (χ3n) is 1.38. The van der Waals surface area contributed by atoms with Gasteiger partial charge in [-0.3, -0.25) is 5.01 Å². The Bertz CT molecular complexity index is 228. The van der Waals surface area contributed by atoms with Gasteiger partial charge in [-0.05, 0) is 17.5 Å². The fourth-order valence-corrected chi connectivity index (χ4v) is 1.61. The molecular weight excluding hydrogens is 144 g/mol. The highest BCUT2D eigenvalue weighted by Gasteiger charge is 2.05. The molecule has 0 saturated heterocycles. The predicted octanol–water partition coefficient (Wildman–Crippen LogP) is 1.59. The molecule has 0 radical (unpaired) electrons. The van der Waals surface area contributed by atoms with Crippen molar-refractivity contribution in [3.8, 4) is 0 Å². The summed E-state index contributed by atoms with van der Waals surface area (Å²) in [6.07, 6.45) is 4.14. The molecule has 0 bridgehead atoms. The van der Waals surface area contributed by atoms with Crippen LogP contribution in [0.4, 0.5) is 5.00 Å². The van der Waals surface area contributed by atoms with Crippen molar-refractivity contribution in [2.45, 2.75) is 0 Å². The van der Waals surface area contributed by atoms with Crippen molar-refractivity contribution in [1.82, 2.24) is 5.43 Å². The molecule has 0 atom stereocenters. The van der Waals surface area contributed by atoms with Gasteiger partial charge in [-0.1, -0.05) is 6.08 Å². The highest BCUT2D eigenvalue weighted by Crippen LogP contribution is 2.20. The van der Waals surface area contributed by atoms with Crippen LogP contribution in [0.1, 0.15) is 0 Å². The highest BCUT2D eigenvalue weighted by atomic mass is 32.1. The molecule has 1 aliphatic heterocycles. The van der Waals surface area contributed by atoms with Crippen molar-refractivity contribution in [3.63, 3.8) is 0 Å². The van der Waals surface area contributed by atoms with Gasteiger partial charge in [0.25, 0.3) is 0 Å². The molecule has 1 aromatic heterocycles. The van der Waals surface area contributed by atoms with E-state index in [0.29, 0.717) is 0 Å². The molecule has 0 spiro atoms. The first-order valence-corrected chi connectivity index (χ1v) is 4.08. The van der Waals surface area contributed by atoms with E-state index < -0.39 is 0 Å². The molecule has 10 heavy (non-hydrogen) atoms. The number of rotatable bonds is 1. The highest BCUT2D eigenvalue weighted by molar-refractivity contribution is 7.14. The number of nitrogens with one attached hydrogen (secondary N) is 1. The molecule has 1 aromatic rings. The Morgan fingerprint density at radius 2 is 2.60 bits per heavy atom. The van der Waals surface area contributed by atoms with Crippen LogP contribution < -0.4 is 10.4 Å². The minimum absolute atomic E-state index is 0.942. The lowest BCUT2D eigenvalue weighted by Gasteiger charge is -2.11. The van der Waals surface area contributed by atoms with Crippen LogP contribution >= 0.6 is 11.3 Å². The van der Waals surface area contributed by atoms with E-state index in [1.807, 2.05) is 17.3 Å². The van der Waals surface area contributed by atoms with Crippen LogP contribution in [0.15, 0.2) is 29.8 Å². The molecule has 2 nitrogen and oxygen atoms in total. The number of anilines is 1. The second-order valence-electron chi connectivity index (χ2n) is 2.07. The summed E-state index contributed by atoms with van der Waals surface area (Å²) < 4.78 is 0. The largest absolute Gasteiger partial charge is 0.274 e. The molecule has 0 unspecified atom stereocenters. The Morgan fingerprint density at radius 1 is 1.60 bits per heavy atom. The summed E-state index contributed by atoms with van der Waals surface area (Å²) in [5, 5.41) is 5.35. The monoisotopic (exact) mass is 152 g/mol. The summed E-state index contributed by atoms with van der Waals surface area (Å²) in [7, 11) is 0. The van der Waals surface area contributed by atoms with Gasteiger partial charge in [-0.25, -0.2) is 5.43 Å². The normalized spacial score (nSPS) is 16.6. The van der Waals surface area contributed by atoms with E-state index >= 15 is 0 Å². The van der Waals surface area contributed by atoms with Crippen molar-refractivity contribution in [3.05, 3.63) is 29.8 Å². The second-order valence-corrected chi connectivity index (χ2v) is 2.99. The topological polar surface area (TPSA) is 15.3 Å². The summed E-state index contributed by atoms with van der Waals surface area (Å²) in [6, 6.07) is 4.14. The van der Waals surface area contributed by atoms with E-state index in [4.69, 9.17) is 0 Å². The summed E-state index contributed by atoms with van der Waals surface area (Å²) >= 11 is 1.73. The SMILES string of the molecule is C1=CN(c2cccs2)NC1. The van der Waals surface area contributed by atoms with Crippen molar-refractivity contribution >= 4 is 16.3 Å². The minimum atomic E-state index is 0.942. The van der Waals surface area contributed by atoms with E-state index in [1.54, 1.807) is 11.3 Å². The Kier molecular flexibility index (Phi) is 1.45. The van der Waals surface area contributed by atoms with Crippen LogP contribution in [0.5, 0.6) is 0 Å². The lowest BCUT2D eigenvalue weighted by Crippen LogP contribution is -2.27. The Balaban J connectivity index is 2.20. The van der Waals surface area contributed by atoms with Crippen LogP contribution in [-0.4, -0.2) is 6.54 Å². The van der Waals surface area contributed by atoms with E-state index in [9.17, 15) is 0 Å². The van der Waals surface area contributed by atoms with Gasteiger partial charge < -0.3 is 0 Å². The summed E-state index contributed by atoms with van der Waals surface area (Å²) in [6.45, 7) is 0.942.